The molecule has 0 heterocycles. The van der Waals surface area contributed by atoms with Gasteiger partial charge < -0.3 is 15.2 Å². The minimum Gasteiger partial charge on any atom is -0.478 e. The van der Waals surface area contributed by atoms with E-state index in [1.807, 2.05) is 24.3 Å². The first-order chi connectivity index (χ1) is 15.1. The van der Waals surface area contributed by atoms with Crippen LogP contribution in [0.3, 0.4) is 0 Å². The van der Waals surface area contributed by atoms with Crippen molar-refractivity contribution in [2.24, 2.45) is 0 Å². The molecule has 0 fully saturated rings. The maximum Gasteiger partial charge on any atom is 0.407 e. The number of alkyl carbamates (subject to hydrolysis) is 1. The molecule has 1 aliphatic carbocycles. The molecule has 0 aromatic heterocycles. The van der Waals surface area contributed by atoms with Gasteiger partial charge in [-0.15, -0.1) is 0 Å². The van der Waals surface area contributed by atoms with Gasteiger partial charge >= 0.3 is 12.1 Å². The van der Waals surface area contributed by atoms with E-state index in [1.165, 1.54) is 28.3 Å². The Hall–Kier alpha value is -4.04. The Kier molecular flexibility index (Phi) is 6.00. The molecule has 1 amide bonds. The van der Waals surface area contributed by atoms with Gasteiger partial charge in [0.1, 0.15) is 6.61 Å². The van der Waals surface area contributed by atoms with Crippen LogP contribution < -0.4 is 5.32 Å². The summed E-state index contributed by atoms with van der Waals surface area (Å²) in [5.41, 5.74) is 5.32. The zero-order valence-corrected chi connectivity index (χ0v) is 16.8. The maximum absolute atomic E-state index is 12.1. The van der Waals surface area contributed by atoms with Crippen LogP contribution in [0.5, 0.6) is 0 Å². The second-order valence-corrected chi connectivity index (χ2v) is 7.15. The Morgan fingerprint density at radius 1 is 0.903 bits per heavy atom. The summed E-state index contributed by atoms with van der Waals surface area (Å²) < 4.78 is 5.48. The normalized spacial score (nSPS) is 11.6. The summed E-state index contributed by atoms with van der Waals surface area (Å²) in [6.45, 7) is 0.580. The third-order valence-corrected chi connectivity index (χ3v) is 5.24. The van der Waals surface area contributed by atoms with E-state index in [2.05, 4.69) is 41.4 Å². The van der Waals surface area contributed by atoms with E-state index >= 15 is 0 Å². The molecule has 1 aliphatic rings. The lowest BCUT2D eigenvalue weighted by molar-refractivity contribution is 0.0696. The maximum atomic E-state index is 12.1. The number of aromatic carboxylic acids is 1. The van der Waals surface area contributed by atoms with Gasteiger partial charge in [0, 0.05) is 24.4 Å². The standard InChI is InChI=1S/C26H21NO4/c28-25(29)19-11-2-1-9-18(19)10-7-8-16-27-26(30)31-17-24-22-14-5-3-12-20(22)21-13-4-6-15-23(21)24/h1-6,9,11-15,24H,8,16-17H2,(H,27,30)(H,28,29). The molecule has 0 saturated heterocycles. The predicted octanol–water partition coefficient (Wildman–Crippen LogP) is 4.67. The number of carboxylic acid groups (broad SMARTS) is 1. The van der Waals surface area contributed by atoms with Crippen molar-refractivity contribution in [1.29, 1.82) is 0 Å². The Balaban J connectivity index is 1.30. The molecule has 5 heteroatoms. The third-order valence-electron chi connectivity index (χ3n) is 5.24. The van der Waals surface area contributed by atoms with Crippen LogP contribution in [-0.2, 0) is 4.74 Å². The number of carboxylic acids is 1. The van der Waals surface area contributed by atoms with Crippen molar-refractivity contribution in [3.8, 4) is 23.0 Å². The van der Waals surface area contributed by atoms with Gasteiger partial charge in [0.2, 0.25) is 0 Å². The molecule has 0 bridgehead atoms. The van der Waals surface area contributed by atoms with Crippen LogP contribution in [0.25, 0.3) is 11.1 Å². The number of hydrogen-bond donors (Lipinski definition) is 2. The number of ether oxygens (including phenoxy) is 1. The van der Waals surface area contributed by atoms with Gasteiger partial charge in [-0.3, -0.25) is 0 Å². The summed E-state index contributed by atoms with van der Waals surface area (Å²) in [4.78, 5) is 23.3. The highest BCUT2D eigenvalue weighted by Gasteiger charge is 2.28. The van der Waals surface area contributed by atoms with E-state index in [0.717, 1.165) is 0 Å². The Morgan fingerprint density at radius 2 is 1.52 bits per heavy atom. The molecule has 5 nitrogen and oxygen atoms in total. The summed E-state index contributed by atoms with van der Waals surface area (Å²) in [5, 5.41) is 11.9. The number of carbonyl (C=O) groups is 2. The highest BCUT2D eigenvalue weighted by molar-refractivity contribution is 5.90. The van der Waals surface area contributed by atoms with Crippen LogP contribution in [0.4, 0.5) is 4.79 Å². The minimum absolute atomic E-state index is 0.0189. The number of benzene rings is 3. The quantitative estimate of drug-likeness (QED) is 0.473. The predicted molar refractivity (Wildman–Crippen MR) is 118 cm³/mol. The fourth-order valence-corrected chi connectivity index (χ4v) is 3.81. The lowest BCUT2D eigenvalue weighted by Crippen LogP contribution is -2.26. The molecule has 3 aromatic carbocycles. The van der Waals surface area contributed by atoms with Gasteiger partial charge in [-0.1, -0.05) is 72.5 Å². The molecular formula is C26H21NO4. The van der Waals surface area contributed by atoms with Gasteiger partial charge in [0.25, 0.3) is 0 Å². The summed E-state index contributed by atoms with van der Waals surface area (Å²) in [7, 11) is 0. The number of rotatable bonds is 5. The first-order valence-corrected chi connectivity index (χ1v) is 10.0. The Bertz CT molecular complexity index is 1140. The minimum atomic E-state index is -1.01. The second-order valence-electron chi connectivity index (χ2n) is 7.15. The summed E-state index contributed by atoms with van der Waals surface area (Å²) in [6.07, 6.45) is -0.104. The van der Waals surface area contributed by atoms with E-state index < -0.39 is 12.1 Å². The van der Waals surface area contributed by atoms with Crippen molar-refractivity contribution < 1.29 is 19.4 Å². The van der Waals surface area contributed by atoms with Crippen LogP contribution >= 0.6 is 0 Å². The van der Waals surface area contributed by atoms with Gasteiger partial charge in [-0.25, -0.2) is 9.59 Å². The van der Waals surface area contributed by atoms with Crippen molar-refractivity contribution >= 4 is 12.1 Å². The highest BCUT2D eigenvalue weighted by atomic mass is 16.5. The molecule has 4 rings (SSSR count). The molecule has 0 saturated carbocycles. The Morgan fingerprint density at radius 3 is 2.19 bits per heavy atom. The zero-order valence-electron chi connectivity index (χ0n) is 16.8. The fraction of sp³-hybridized carbons (Fsp3) is 0.154. The monoisotopic (exact) mass is 411 g/mol. The van der Waals surface area contributed by atoms with E-state index in [-0.39, 0.29) is 18.1 Å². The molecule has 2 N–H and O–H groups in total. The van der Waals surface area contributed by atoms with Gasteiger partial charge in [-0.2, -0.15) is 0 Å². The van der Waals surface area contributed by atoms with Crippen LogP contribution in [0.2, 0.25) is 0 Å². The SMILES string of the molecule is O=C(NCCC#Cc1ccccc1C(=O)O)OCC1c2ccccc2-c2ccccc21. The topological polar surface area (TPSA) is 75.6 Å². The van der Waals surface area contributed by atoms with E-state index in [0.29, 0.717) is 18.5 Å². The average molecular weight is 411 g/mol. The van der Waals surface area contributed by atoms with Crippen LogP contribution in [0.15, 0.2) is 72.8 Å². The molecular weight excluding hydrogens is 390 g/mol. The van der Waals surface area contributed by atoms with Crippen LogP contribution in [-0.4, -0.2) is 30.3 Å². The first-order valence-electron chi connectivity index (χ1n) is 10.0. The molecule has 0 aliphatic heterocycles. The second kappa shape index (κ2) is 9.19. The van der Waals surface area contributed by atoms with Crippen LogP contribution in [0, 0.1) is 11.8 Å². The first kappa shape index (κ1) is 20.2. The van der Waals surface area contributed by atoms with Crippen LogP contribution in [0.1, 0.15) is 39.4 Å². The number of carbonyl (C=O) groups excluding carboxylic acids is 1. The number of nitrogens with one attached hydrogen (secondary N) is 1. The molecule has 154 valence electrons. The molecule has 0 atom stereocenters. The third kappa shape index (κ3) is 4.44. The number of hydrogen-bond acceptors (Lipinski definition) is 3. The summed E-state index contributed by atoms with van der Waals surface area (Å²) >= 11 is 0. The average Bonchev–Trinajstić information content (AvgIpc) is 3.11. The van der Waals surface area contributed by atoms with Crippen molar-refractivity contribution in [1.82, 2.24) is 5.32 Å². The lowest BCUT2D eigenvalue weighted by Gasteiger charge is -2.14. The van der Waals surface area contributed by atoms with Crippen molar-refractivity contribution in [3.05, 3.63) is 95.1 Å². The van der Waals surface area contributed by atoms with Gasteiger partial charge in [-0.05, 0) is 34.4 Å². The number of amides is 1. The molecule has 0 unspecified atom stereocenters. The largest absolute Gasteiger partial charge is 0.478 e. The highest BCUT2D eigenvalue weighted by Crippen LogP contribution is 2.44. The fourth-order valence-electron chi connectivity index (χ4n) is 3.81. The van der Waals surface area contributed by atoms with Gasteiger partial charge in [0.05, 0.1) is 5.56 Å². The van der Waals surface area contributed by atoms with E-state index in [4.69, 9.17) is 4.74 Å². The number of fused-ring (bicyclic) bond motifs is 3. The van der Waals surface area contributed by atoms with Crippen molar-refractivity contribution in [2.75, 3.05) is 13.2 Å². The molecule has 31 heavy (non-hydrogen) atoms. The lowest BCUT2D eigenvalue weighted by atomic mass is 9.98. The Labute approximate surface area is 180 Å². The molecule has 0 spiro atoms. The van der Waals surface area contributed by atoms with E-state index in [1.54, 1.807) is 18.2 Å². The summed E-state index contributed by atoms with van der Waals surface area (Å²) in [6, 6.07) is 22.9. The summed E-state index contributed by atoms with van der Waals surface area (Å²) in [5.74, 6) is 4.74. The van der Waals surface area contributed by atoms with Gasteiger partial charge in [0.15, 0.2) is 0 Å². The van der Waals surface area contributed by atoms with Crippen molar-refractivity contribution in [2.45, 2.75) is 12.3 Å². The zero-order chi connectivity index (χ0) is 21.6. The van der Waals surface area contributed by atoms with Crippen molar-refractivity contribution in [3.63, 3.8) is 0 Å². The van der Waals surface area contributed by atoms with E-state index in [9.17, 15) is 14.7 Å². The molecule has 0 radical (unpaired) electrons. The smallest absolute Gasteiger partial charge is 0.407 e. The molecule has 3 aromatic rings.